The molecule has 0 saturated carbocycles. The summed E-state index contributed by atoms with van der Waals surface area (Å²) in [7, 11) is 0. The van der Waals surface area contributed by atoms with E-state index in [2.05, 4.69) is 26.6 Å². The normalized spacial score (nSPS) is 14.9. The number of aryl methyl sites for hydroxylation is 1. The number of ether oxygens (including phenoxy) is 1. The molecule has 1 aliphatic rings. The minimum absolute atomic E-state index is 0.106. The maximum absolute atomic E-state index is 12.6. The van der Waals surface area contributed by atoms with Crippen LogP contribution in [0.4, 0.5) is 10.5 Å². The van der Waals surface area contributed by atoms with Crippen LogP contribution in [0.1, 0.15) is 18.1 Å². The molecule has 4 amide bonds. The van der Waals surface area contributed by atoms with Crippen molar-refractivity contribution >= 4 is 45.5 Å². The molecule has 7 nitrogen and oxygen atoms in total. The monoisotopic (exact) mass is 457 g/mol. The van der Waals surface area contributed by atoms with E-state index in [1.165, 1.54) is 0 Å². The van der Waals surface area contributed by atoms with Gasteiger partial charge in [0.1, 0.15) is 18.0 Å². The zero-order valence-corrected chi connectivity index (χ0v) is 17.6. The Morgan fingerprint density at radius 1 is 1.21 bits per heavy atom. The summed E-state index contributed by atoms with van der Waals surface area (Å²) < 4.78 is 6.19. The molecule has 2 aromatic rings. The van der Waals surface area contributed by atoms with E-state index in [-0.39, 0.29) is 12.2 Å². The molecule has 8 heteroatoms. The second-order valence-corrected chi connectivity index (χ2v) is 7.27. The van der Waals surface area contributed by atoms with Crippen LogP contribution in [0.3, 0.4) is 0 Å². The Hall–Kier alpha value is -3.13. The molecule has 1 saturated heterocycles. The molecular formula is C21H20BrN3O4. The lowest BCUT2D eigenvalue weighted by Gasteiger charge is -2.12. The van der Waals surface area contributed by atoms with E-state index in [1.54, 1.807) is 36.4 Å². The number of halogens is 1. The molecule has 0 aliphatic carbocycles. The number of rotatable bonds is 6. The SMILES string of the molecule is CCOc1ccc(C=C2NC(=O)N(CC(=O)Nc3ccc(C)cc3)C2=O)cc1Br. The van der Waals surface area contributed by atoms with Gasteiger partial charge in [-0.3, -0.25) is 9.59 Å². The van der Waals surface area contributed by atoms with Gasteiger partial charge in [0.15, 0.2) is 0 Å². The van der Waals surface area contributed by atoms with Crippen molar-refractivity contribution in [2.75, 3.05) is 18.5 Å². The second-order valence-electron chi connectivity index (χ2n) is 6.42. The number of amides is 4. The lowest BCUT2D eigenvalue weighted by molar-refractivity contribution is -0.127. The molecule has 0 atom stereocenters. The Morgan fingerprint density at radius 2 is 1.93 bits per heavy atom. The highest BCUT2D eigenvalue weighted by Crippen LogP contribution is 2.27. The van der Waals surface area contributed by atoms with Gasteiger partial charge in [0.25, 0.3) is 5.91 Å². The Morgan fingerprint density at radius 3 is 2.59 bits per heavy atom. The number of benzene rings is 2. The lowest BCUT2D eigenvalue weighted by atomic mass is 10.2. The molecule has 3 rings (SSSR count). The number of anilines is 1. The first kappa shape index (κ1) is 20.6. The maximum Gasteiger partial charge on any atom is 0.329 e. The van der Waals surface area contributed by atoms with E-state index in [0.29, 0.717) is 23.6 Å². The first-order chi connectivity index (χ1) is 13.9. The summed E-state index contributed by atoms with van der Waals surface area (Å²) in [5.74, 6) is -0.327. The number of carbonyl (C=O) groups excluding carboxylic acids is 3. The van der Waals surface area contributed by atoms with Gasteiger partial charge in [-0.1, -0.05) is 23.8 Å². The summed E-state index contributed by atoms with van der Waals surface area (Å²) in [5.41, 5.74) is 2.47. The number of carbonyl (C=O) groups is 3. The summed E-state index contributed by atoms with van der Waals surface area (Å²) in [5, 5.41) is 5.19. The Bertz CT molecular complexity index is 986. The summed E-state index contributed by atoms with van der Waals surface area (Å²) in [6, 6.07) is 11.9. The molecule has 2 N–H and O–H groups in total. The molecule has 1 fully saturated rings. The largest absolute Gasteiger partial charge is 0.493 e. The molecule has 29 heavy (non-hydrogen) atoms. The number of nitrogens with zero attached hydrogens (tertiary/aromatic N) is 1. The van der Waals surface area contributed by atoms with E-state index in [1.807, 2.05) is 26.0 Å². The minimum atomic E-state index is -0.634. The number of urea groups is 1. The molecule has 0 unspecified atom stereocenters. The fourth-order valence-corrected chi connectivity index (χ4v) is 3.25. The maximum atomic E-state index is 12.6. The van der Waals surface area contributed by atoms with Crippen molar-refractivity contribution in [3.63, 3.8) is 0 Å². The first-order valence-corrected chi connectivity index (χ1v) is 9.80. The van der Waals surface area contributed by atoms with Gasteiger partial charge in [-0.05, 0) is 65.7 Å². The van der Waals surface area contributed by atoms with Crippen molar-refractivity contribution in [3.05, 3.63) is 63.8 Å². The zero-order valence-electron chi connectivity index (χ0n) is 16.0. The van der Waals surface area contributed by atoms with Crippen LogP contribution in [0.15, 0.2) is 52.6 Å². The molecule has 1 aliphatic heterocycles. The van der Waals surface area contributed by atoms with Crippen LogP contribution in [0, 0.1) is 6.92 Å². The molecule has 0 radical (unpaired) electrons. The Kier molecular flexibility index (Phi) is 6.33. The van der Waals surface area contributed by atoms with Gasteiger partial charge in [-0.15, -0.1) is 0 Å². The highest BCUT2D eigenvalue weighted by molar-refractivity contribution is 9.10. The van der Waals surface area contributed by atoms with Crippen LogP contribution < -0.4 is 15.4 Å². The van der Waals surface area contributed by atoms with E-state index < -0.39 is 17.8 Å². The topological polar surface area (TPSA) is 87.7 Å². The minimum Gasteiger partial charge on any atom is -0.493 e. The van der Waals surface area contributed by atoms with E-state index in [0.717, 1.165) is 14.9 Å². The van der Waals surface area contributed by atoms with Crippen LogP contribution in [-0.2, 0) is 9.59 Å². The predicted octanol–water partition coefficient (Wildman–Crippen LogP) is 3.69. The highest BCUT2D eigenvalue weighted by Gasteiger charge is 2.34. The van der Waals surface area contributed by atoms with Crippen molar-refractivity contribution in [1.29, 1.82) is 0 Å². The number of hydrogen-bond acceptors (Lipinski definition) is 4. The number of hydrogen-bond donors (Lipinski definition) is 2. The molecule has 1 heterocycles. The van der Waals surface area contributed by atoms with Crippen LogP contribution >= 0.6 is 15.9 Å². The summed E-state index contributed by atoms with van der Waals surface area (Å²) in [4.78, 5) is 37.8. The number of imide groups is 1. The average molecular weight is 458 g/mol. The van der Waals surface area contributed by atoms with E-state index in [9.17, 15) is 14.4 Å². The lowest BCUT2D eigenvalue weighted by Crippen LogP contribution is -2.38. The average Bonchev–Trinajstić information content (AvgIpc) is 2.93. The van der Waals surface area contributed by atoms with Gasteiger partial charge in [0.05, 0.1) is 11.1 Å². The third-order valence-electron chi connectivity index (χ3n) is 4.17. The predicted molar refractivity (Wildman–Crippen MR) is 113 cm³/mol. The second kappa shape index (κ2) is 8.91. The van der Waals surface area contributed by atoms with E-state index >= 15 is 0 Å². The quantitative estimate of drug-likeness (QED) is 0.511. The molecule has 0 bridgehead atoms. The molecule has 150 valence electrons. The number of nitrogens with one attached hydrogen (secondary N) is 2. The zero-order chi connectivity index (χ0) is 21.0. The molecule has 0 spiro atoms. The molecular weight excluding hydrogens is 438 g/mol. The van der Waals surface area contributed by atoms with Gasteiger partial charge in [0.2, 0.25) is 5.91 Å². The summed E-state index contributed by atoms with van der Waals surface area (Å²) in [6.07, 6.45) is 1.55. The van der Waals surface area contributed by atoms with Gasteiger partial charge in [-0.25, -0.2) is 9.69 Å². The van der Waals surface area contributed by atoms with Crippen LogP contribution in [0.25, 0.3) is 6.08 Å². The standard InChI is InChI=1S/C21H20BrN3O4/c1-3-29-18-9-6-14(10-16(18)22)11-17-20(27)25(21(28)24-17)12-19(26)23-15-7-4-13(2)5-8-15/h4-11H,3,12H2,1-2H3,(H,23,26)(H,24,28). The Balaban J connectivity index is 1.69. The summed E-state index contributed by atoms with van der Waals surface area (Å²) in [6.45, 7) is 3.99. The van der Waals surface area contributed by atoms with Crippen LogP contribution in [-0.4, -0.2) is 35.9 Å². The van der Waals surface area contributed by atoms with Gasteiger partial charge in [-0.2, -0.15) is 0 Å². The molecule has 2 aromatic carbocycles. The van der Waals surface area contributed by atoms with Crippen molar-refractivity contribution in [1.82, 2.24) is 10.2 Å². The van der Waals surface area contributed by atoms with Crippen molar-refractivity contribution < 1.29 is 19.1 Å². The highest BCUT2D eigenvalue weighted by atomic mass is 79.9. The first-order valence-electron chi connectivity index (χ1n) is 9.01. The molecule has 0 aromatic heterocycles. The van der Waals surface area contributed by atoms with Crippen LogP contribution in [0.2, 0.25) is 0 Å². The van der Waals surface area contributed by atoms with E-state index in [4.69, 9.17) is 4.74 Å². The smallest absolute Gasteiger partial charge is 0.329 e. The summed E-state index contributed by atoms with van der Waals surface area (Å²) >= 11 is 3.42. The van der Waals surface area contributed by atoms with Crippen LogP contribution in [0.5, 0.6) is 5.75 Å². The van der Waals surface area contributed by atoms with Crippen molar-refractivity contribution in [2.24, 2.45) is 0 Å². The fraction of sp³-hybridized carbons (Fsp3) is 0.190. The third kappa shape index (κ3) is 5.03. The Labute approximate surface area is 176 Å². The third-order valence-corrected chi connectivity index (χ3v) is 4.79. The van der Waals surface area contributed by atoms with Crippen molar-refractivity contribution in [2.45, 2.75) is 13.8 Å². The fourth-order valence-electron chi connectivity index (χ4n) is 2.74. The van der Waals surface area contributed by atoms with Gasteiger partial charge >= 0.3 is 6.03 Å². The van der Waals surface area contributed by atoms with Gasteiger partial charge < -0.3 is 15.4 Å². The van der Waals surface area contributed by atoms with Gasteiger partial charge in [0, 0.05) is 5.69 Å². The van der Waals surface area contributed by atoms with Crippen molar-refractivity contribution in [3.8, 4) is 5.75 Å².